The minimum Gasteiger partial charge on any atom is -0.360 e. The zero-order valence-corrected chi connectivity index (χ0v) is 15.0. The van der Waals surface area contributed by atoms with Crippen molar-refractivity contribution in [1.29, 1.82) is 0 Å². The van der Waals surface area contributed by atoms with Crippen LogP contribution in [0, 0.1) is 5.82 Å². The van der Waals surface area contributed by atoms with Crippen LogP contribution in [0.3, 0.4) is 0 Å². The third kappa shape index (κ3) is 3.77. The van der Waals surface area contributed by atoms with E-state index >= 15 is 0 Å². The second-order valence-corrected chi connectivity index (χ2v) is 6.61. The van der Waals surface area contributed by atoms with Crippen molar-refractivity contribution < 1.29 is 9.18 Å². The smallest absolute Gasteiger partial charge is 0.242 e. The molecule has 0 radical (unpaired) electrons. The van der Waals surface area contributed by atoms with Gasteiger partial charge in [-0.1, -0.05) is 30.3 Å². The second kappa shape index (κ2) is 7.62. The van der Waals surface area contributed by atoms with E-state index in [0.29, 0.717) is 12.2 Å². The van der Waals surface area contributed by atoms with Crippen LogP contribution in [-0.2, 0) is 11.2 Å². The number of nitrogens with zero attached hydrogens (tertiary/aromatic N) is 1. The van der Waals surface area contributed by atoms with Crippen molar-refractivity contribution in [1.82, 2.24) is 9.97 Å². The molecule has 6 heteroatoms. The Balaban J connectivity index is 1.46. The van der Waals surface area contributed by atoms with Crippen molar-refractivity contribution in [2.24, 2.45) is 5.73 Å². The number of aromatic amines is 1. The SMILES string of the molecule is NC(Cc1ccccc1)C(=O)Nc1ccc(-c2c[nH]c3cc(F)ccc23)cn1. The first-order chi connectivity index (χ1) is 13.6. The van der Waals surface area contributed by atoms with Crippen LogP contribution < -0.4 is 11.1 Å². The summed E-state index contributed by atoms with van der Waals surface area (Å²) in [4.78, 5) is 19.7. The summed E-state index contributed by atoms with van der Waals surface area (Å²) in [5.74, 6) is -0.140. The number of carbonyl (C=O) groups is 1. The molecule has 4 N–H and O–H groups in total. The van der Waals surface area contributed by atoms with Gasteiger partial charge in [-0.05, 0) is 42.3 Å². The normalized spacial score (nSPS) is 12.1. The fourth-order valence-corrected chi connectivity index (χ4v) is 3.14. The lowest BCUT2D eigenvalue weighted by atomic mass is 10.1. The number of fused-ring (bicyclic) bond motifs is 1. The molecule has 0 saturated carbocycles. The summed E-state index contributed by atoms with van der Waals surface area (Å²) in [5.41, 5.74) is 9.51. The fourth-order valence-electron chi connectivity index (χ4n) is 3.14. The lowest BCUT2D eigenvalue weighted by Crippen LogP contribution is -2.37. The van der Waals surface area contributed by atoms with Crippen LogP contribution in [-0.4, -0.2) is 21.9 Å². The topological polar surface area (TPSA) is 83.8 Å². The van der Waals surface area contributed by atoms with Crippen molar-refractivity contribution in [3.05, 3.63) is 84.4 Å². The zero-order valence-electron chi connectivity index (χ0n) is 15.0. The number of carbonyl (C=O) groups excluding carboxylic acids is 1. The van der Waals surface area contributed by atoms with Gasteiger partial charge in [0.25, 0.3) is 0 Å². The molecule has 140 valence electrons. The number of halogens is 1. The highest BCUT2D eigenvalue weighted by Crippen LogP contribution is 2.29. The number of hydrogen-bond acceptors (Lipinski definition) is 3. The van der Waals surface area contributed by atoms with Crippen LogP contribution in [0.1, 0.15) is 5.56 Å². The van der Waals surface area contributed by atoms with Gasteiger partial charge < -0.3 is 16.0 Å². The highest BCUT2D eigenvalue weighted by Gasteiger charge is 2.15. The number of aromatic nitrogens is 2. The minimum atomic E-state index is -0.660. The van der Waals surface area contributed by atoms with Crippen LogP contribution in [0.15, 0.2) is 73.1 Å². The van der Waals surface area contributed by atoms with Gasteiger partial charge in [-0.25, -0.2) is 9.37 Å². The minimum absolute atomic E-state index is 0.285. The summed E-state index contributed by atoms with van der Waals surface area (Å²) < 4.78 is 13.3. The quantitative estimate of drug-likeness (QED) is 0.496. The van der Waals surface area contributed by atoms with Crippen molar-refractivity contribution in [2.45, 2.75) is 12.5 Å². The number of pyridine rings is 1. The summed E-state index contributed by atoms with van der Waals surface area (Å²) in [5, 5.41) is 3.65. The van der Waals surface area contributed by atoms with Gasteiger partial charge in [0.05, 0.1) is 6.04 Å². The standard InChI is InChI=1S/C22H19FN4O/c23-16-7-8-17-18(13-25-20(17)11-16)15-6-9-21(26-12-15)27-22(28)19(24)10-14-4-2-1-3-5-14/h1-9,11-13,19,25H,10,24H2,(H,26,27,28). The Morgan fingerprint density at radius 1 is 1.14 bits per heavy atom. The van der Waals surface area contributed by atoms with Gasteiger partial charge in [0.1, 0.15) is 11.6 Å². The summed E-state index contributed by atoms with van der Waals surface area (Å²) in [6.07, 6.45) is 3.94. The molecule has 0 aliphatic rings. The Morgan fingerprint density at radius 2 is 1.96 bits per heavy atom. The van der Waals surface area contributed by atoms with Gasteiger partial charge in [0, 0.05) is 34.4 Å². The molecule has 4 rings (SSSR count). The number of amides is 1. The third-order valence-corrected chi connectivity index (χ3v) is 4.60. The number of rotatable bonds is 5. The van der Waals surface area contributed by atoms with Crippen LogP contribution in [0.4, 0.5) is 10.2 Å². The first-order valence-corrected chi connectivity index (χ1v) is 8.93. The largest absolute Gasteiger partial charge is 0.360 e. The molecule has 1 unspecified atom stereocenters. The second-order valence-electron chi connectivity index (χ2n) is 6.61. The molecule has 0 bridgehead atoms. The van der Waals surface area contributed by atoms with E-state index in [1.165, 1.54) is 12.1 Å². The molecule has 28 heavy (non-hydrogen) atoms. The Bertz CT molecular complexity index is 1110. The molecule has 0 saturated heterocycles. The van der Waals surface area contributed by atoms with Gasteiger partial charge in [-0.2, -0.15) is 0 Å². The van der Waals surface area contributed by atoms with Gasteiger partial charge >= 0.3 is 0 Å². The number of nitrogens with one attached hydrogen (secondary N) is 2. The van der Waals surface area contributed by atoms with Crippen LogP contribution >= 0.6 is 0 Å². The molecule has 5 nitrogen and oxygen atoms in total. The van der Waals surface area contributed by atoms with Crippen molar-refractivity contribution in [3.8, 4) is 11.1 Å². The fraction of sp³-hybridized carbons (Fsp3) is 0.0909. The van der Waals surface area contributed by atoms with Gasteiger partial charge in [-0.15, -0.1) is 0 Å². The van der Waals surface area contributed by atoms with E-state index in [2.05, 4.69) is 15.3 Å². The van der Waals surface area contributed by atoms with E-state index < -0.39 is 6.04 Å². The number of anilines is 1. The van der Waals surface area contributed by atoms with Crippen LogP contribution in [0.2, 0.25) is 0 Å². The lowest BCUT2D eigenvalue weighted by Gasteiger charge is -2.12. The van der Waals surface area contributed by atoms with Crippen LogP contribution in [0.5, 0.6) is 0 Å². The first kappa shape index (κ1) is 17.9. The maximum absolute atomic E-state index is 13.3. The van der Waals surface area contributed by atoms with Crippen LogP contribution in [0.25, 0.3) is 22.0 Å². The molecule has 4 aromatic rings. The van der Waals surface area contributed by atoms with Crippen molar-refractivity contribution in [3.63, 3.8) is 0 Å². The number of hydrogen-bond donors (Lipinski definition) is 3. The molecule has 0 fully saturated rings. The maximum Gasteiger partial charge on any atom is 0.242 e. The molecule has 2 heterocycles. The number of benzene rings is 2. The summed E-state index contributed by atoms with van der Waals surface area (Å²) >= 11 is 0. The van der Waals surface area contributed by atoms with Gasteiger partial charge in [0.15, 0.2) is 0 Å². The lowest BCUT2D eigenvalue weighted by molar-refractivity contribution is -0.117. The predicted molar refractivity (Wildman–Crippen MR) is 108 cm³/mol. The molecule has 0 aliphatic carbocycles. The van der Waals surface area contributed by atoms with Crippen molar-refractivity contribution >= 4 is 22.6 Å². The Labute approximate surface area is 161 Å². The third-order valence-electron chi connectivity index (χ3n) is 4.60. The molecule has 1 amide bonds. The van der Waals surface area contributed by atoms with E-state index in [4.69, 9.17) is 5.73 Å². The Kier molecular flexibility index (Phi) is 4.87. The van der Waals surface area contributed by atoms with E-state index in [0.717, 1.165) is 27.6 Å². The summed E-state index contributed by atoms with van der Waals surface area (Å²) in [7, 11) is 0. The molecule has 1 atom stereocenters. The zero-order chi connectivity index (χ0) is 19.5. The van der Waals surface area contributed by atoms with E-state index in [9.17, 15) is 9.18 Å². The van der Waals surface area contributed by atoms with E-state index in [1.807, 2.05) is 42.6 Å². The summed E-state index contributed by atoms with van der Waals surface area (Å²) in [6, 6.07) is 17.2. The highest BCUT2D eigenvalue weighted by molar-refractivity contribution is 5.96. The molecule has 0 aliphatic heterocycles. The number of H-pyrrole nitrogens is 1. The Hall–Kier alpha value is -3.51. The predicted octanol–water partition coefficient (Wildman–Crippen LogP) is 3.88. The Morgan fingerprint density at radius 3 is 2.71 bits per heavy atom. The first-order valence-electron chi connectivity index (χ1n) is 8.93. The van der Waals surface area contributed by atoms with E-state index in [-0.39, 0.29) is 11.7 Å². The monoisotopic (exact) mass is 374 g/mol. The molecular formula is C22H19FN4O. The average Bonchev–Trinajstić information content (AvgIpc) is 3.12. The number of nitrogens with two attached hydrogens (primary N) is 1. The van der Waals surface area contributed by atoms with Gasteiger partial charge in [0.2, 0.25) is 5.91 Å². The molecule has 2 aromatic heterocycles. The van der Waals surface area contributed by atoms with Crippen molar-refractivity contribution in [2.75, 3.05) is 5.32 Å². The maximum atomic E-state index is 13.3. The summed E-state index contributed by atoms with van der Waals surface area (Å²) in [6.45, 7) is 0. The molecular weight excluding hydrogens is 355 g/mol. The highest BCUT2D eigenvalue weighted by atomic mass is 19.1. The van der Waals surface area contributed by atoms with E-state index in [1.54, 1.807) is 18.3 Å². The van der Waals surface area contributed by atoms with Gasteiger partial charge in [-0.3, -0.25) is 4.79 Å². The molecule has 0 spiro atoms. The molecule has 2 aromatic carbocycles. The average molecular weight is 374 g/mol.